The molecule has 1 aromatic carbocycles. The lowest BCUT2D eigenvalue weighted by atomic mass is 9.83. The number of rotatable bonds is 5. The molecule has 0 spiro atoms. The molecule has 6 heteroatoms. The van der Waals surface area contributed by atoms with E-state index >= 15 is 0 Å². The summed E-state index contributed by atoms with van der Waals surface area (Å²) in [4.78, 5) is 8.81. The maximum absolute atomic E-state index is 12.2. The fourth-order valence-electron chi connectivity index (χ4n) is 3.65. The third-order valence-corrected chi connectivity index (χ3v) is 5.04. The lowest BCUT2D eigenvalue weighted by Crippen LogP contribution is -2.35. The zero-order valence-electron chi connectivity index (χ0n) is 14.4. The lowest BCUT2D eigenvalue weighted by molar-refractivity contribution is -0.133. The molecule has 2 aromatic rings. The van der Waals surface area contributed by atoms with Crippen LogP contribution < -0.4 is 5.32 Å². The van der Waals surface area contributed by atoms with E-state index in [1.54, 1.807) is 6.33 Å². The molecule has 1 aliphatic rings. The maximum Gasteiger partial charge on any atom is 0.390 e. The Kier molecular flexibility index (Phi) is 5.57. The van der Waals surface area contributed by atoms with Crippen LogP contribution in [0.2, 0.25) is 0 Å². The summed E-state index contributed by atoms with van der Waals surface area (Å²) in [5.74, 6) is 0.541. The van der Waals surface area contributed by atoms with Crippen LogP contribution in [0.1, 0.15) is 43.4 Å². The van der Waals surface area contributed by atoms with E-state index in [2.05, 4.69) is 34.3 Å². The van der Waals surface area contributed by atoms with E-state index in [-0.39, 0.29) is 12.6 Å². The van der Waals surface area contributed by atoms with Crippen LogP contribution in [0.25, 0.3) is 10.9 Å². The van der Waals surface area contributed by atoms with Crippen molar-refractivity contribution in [3.8, 4) is 0 Å². The van der Waals surface area contributed by atoms with Crippen molar-refractivity contribution in [3.63, 3.8) is 0 Å². The average Bonchev–Trinajstić information content (AvgIpc) is 2.56. The van der Waals surface area contributed by atoms with E-state index in [9.17, 15) is 13.2 Å². The standard InChI is InChI=1S/C19H24F3N3/c1-13-2-7-17-16(10-13)18(25-12-24-17)11-14-3-5-15(6-4-14)23-9-8-19(20,21)22/h2,7,10,12,14-15,23H,3-6,8-9,11H2,1H3/t14-,15-. The quantitative estimate of drug-likeness (QED) is 0.857. The minimum Gasteiger partial charge on any atom is -0.314 e. The highest BCUT2D eigenvalue weighted by molar-refractivity contribution is 5.81. The molecule has 0 aliphatic heterocycles. The van der Waals surface area contributed by atoms with Crippen LogP contribution in [-0.2, 0) is 6.42 Å². The summed E-state index contributed by atoms with van der Waals surface area (Å²) in [5.41, 5.74) is 3.25. The molecule has 0 radical (unpaired) electrons. The Hall–Kier alpha value is -1.69. The Morgan fingerprint density at radius 2 is 1.88 bits per heavy atom. The Bertz CT molecular complexity index is 707. The molecule has 0 bridgehead atoms. The van der Waals surface area contributed by atoms with Gasteiger partial charge in [-0.3, -0.25) is 0 Å². The van der Waals surface area contributed by atoms with E-state index < -0.39 is 12.6 Å². The Balaban J connectivity index is 1.54. The first-order valence-electron chi connectivity index (χ1n) is 8.91. The third kappa shape index (κ3) is 5.14. The molecule has 3 nitrogen and oxygen atoms in total. The average molecular weight is 351 g/mol. The summed E-state index contributed by atoms with van der Waals surface area (Å²) in [5, 5.41) is 4.17. The van der Waals surface area contributed by atoms with E-state index in [4.69, 9.17) is 0 Å². The summed E-state index contributed by atoms with van der Waals surface area (Å²) in [6, 6.07) is 6.42. The van der Waals surface area contributed by atoms with E-state index in [1.807, 2.05) is 6.07 Å². The highest BCUT2D eigenvalue weighted by Crippen LogP contribution is 2.29. The molecule has 25 heavy (non-hydrogen) atoms. The first kappa shape index (κ1) is 18.1. The maximum atomic E-state index is 12.2. The fourth-order valence-corrected chi connectivity index (χ4v) is 3.65. The largest absolute Gasteiger partial charge is 0.390 e. The molecule has 136 valence electrons. The lowest BCUT2D eigenvalue weighted by Gasteiger charge is -2.29. The van der Waals surface area contributed by atoms with Crippen LogP contribution in [0, 0.1) is 12.8 Å². The number of aromatic nitrogens is 2. The molecule has 1 saturated carbocycles. The van der Waals surface area contributed by atoms with Gasteiger partial charge >= 0.3 is 6.18 Å². The smallest absolute Gasteiger partial charge is 0.314 e. The van der Waals surface area contributed by atoms with Gasteiger partial charge in [0.2, 0.25) is 0 Å². The first-order valence-corrected chi connectivity index (χ1v) is 8.91. The summed E-state index contributed by atoms with van der Waals surface area (Å²) in [7, 11) is 0. The van der Waals surface area contributed by atoms with E-state index in [0.29, 0.717) is 5.92 Å². The van der Waals surface area contributed by atoms with Gasteiger partial charge in [0.25, 0.3) is 0 Å². The van der Waals surface area contributed by atoms with Gasteiger partial charge in [-0.05, 0) is 57.1 Å². The monoisotopic (exact) mass is 351 g/mol. The van der Waals surface area contributed by atoms with Gasteiger partial charge in [0, 0.05) is 18.0 Å². The van der Waals surface area contributed by atoms with Crippen LogP contribution >= 0.6 is 0 Å². The van der Waals surface area contributed by atoms with Crippen molar-refractivity contribution in [2.45, 2.75) is 57.7 Å². The van der Waals surface area contributed by atoms with Gasteiger partial charge in [-0.2, -0.15) is 13.2 Å². The minimum atomic E-state index is -4.07. The number of hydrogen-bond acceptors (Lipinski definition) is 3. The molecule has 1 aliphatic carbocycles. The second kappa shape index (κ2) is 7.68. The number of nitrogens with one attached hydrogen (secondary N) is 1. The van der Waals surface area contributed by atoms with Crippen LogP contribution in [0.5, 0.6) is 0 Å². The van der Waals surface area contributed by atoms with Gasteiger partial charge < -0.3 is 5.32 Å². The molecule has 3 rings (SSSR count). The topological polar surface area (TPSA) is 37.8 Å². The van der Waals surface area contributed by atoms with Gasteiger partial charge in [-0.25, -0.2) is 9.97 Å². The van der Waals surface area contributed by atoms with Crippen molar-refractivity contribution in [2.75, 3.05) is 6.54 Å². The highest BCUT2D eigenvalue weighted by atomic mass is 19.4. The molecule has 1 heterocycles. The number of halogens is 3. The molecule has 0 saturated heterocycles. The zero-order valence-corrected chi connectivity index (χ0v) is 14.4. The van der Waals surface area contributed by atoms with Crippen molar-refractivity contribution in [1.29, 1.82) is 0 Å². The summed E-state index contributed by atoms with van der Waals surface area (Å²) < 4.78 is 36.7. The highest BCUT2D eigenvalue weighted by Gasteiger charge is 2.28. The second-order valence-corrected chi connectivity index (χ2v) is 7.08. The van der Waals surface area contributed by atoms with Crippen molar-refractivity contribution < 1.29 is 13.2 Å². The second-order valence-electron chi connectivity index (χ2n) is 7.08. The van der Waals surface area contributed by atoms with Crippen LogP contribution in [0.15, 0.2) is 24.5 Å². The van der Waals surface area contributed by atoms with E-state index in [0.717, 1.165) is 48.7 Å². The number of alkyl halides is 3. The van der Waals surface area contributed by atoms with Gasteiger partial charge in [-0.15, -0.1) is 0 Å². The third-order valence-electron chi connectivity index (χ3n) is 5.04. The van der Waals surface area contributed by atoms with Crippen molar-refractivity contribution >= 4 is 10.9 Å². The van der Waals surface area contributed by atoms with Gasteiger partial charge in [-0.1, -0.05) is 11.6 Å². The van der Waals surface area contributed by atoms with Gasteiger partial charge in [0.05, 0.1) is 17.6 Å². The molecule has 1 aromatic heterocycles. The molecular weight excluding hydrogens is 327 g/mol. The zero-order chi connectivity index (χ0) is 17.9. The molecule has 0 unspecified atom stereocenters. The molecule has 1 N–H and O–H groups in total. The van der Waals surface area contributed by atoms with Crippen LogP contribution in [0.4, 0.5) is 13.2 Å². The molecule has 1 fully saturated rings. The van der Waals surface area contributed by atoms with Crippen molar-refractivity contribution in [1.82, 2.24) is 15.3 Å². The van der Waals surface area contributed by atoms with E-state index in [1.165, 1.54) is 5.56 Å². The minimum absolute atomic E-state index is 0.0225. The molecule has 0 amide bonds. The summed E-state index contributed by atoms with van der Waals surface area (Å²) in [6.07, 6.45) is 1.64. The fraction of sp³-hybridized carbons (Fsp3) is 0.579. The summed E-state index contributed by atoms with van der Waals surface area (Å²) >= 11 is 0. The molecule has 0 atom stereocenters. The predicted octanol–water partition coefficient (Wildman–Crippen LogP) is 4.58. The SMILES string of the molecule is Cc1ccc2ncnc(C[C@H]3CC[C@H](NCCC(F)(F)F)CC3)c2c1. The number of hydrogen-bond donors (Lipinski definition) is 1. The van der Waals surface area contributed by atoms with Gasteiger partial charge in [0.15, 0.2) is 0 Å². The summed E-state index contributed by atoms with van der Waals surface area (Å²) in [6.45, 7) is 2.09. The Morgan fingerprint density at radius 3 is 2.60 bits per heavy atom. The van der Waals surface area contributed by atoms with Crippen LogP contribution in [-0.4, -0.2) is 28.7 Å². The first-order chi connectivity index (χ1) is 11.9. The Morgan fingerprint density at radius 1 is 1.12 bits per heavy atom. The number of aryl methyl sites for hydroxylation is 1. The normalized spacial score (nSPS) is 21.6. The number of fused-ring (bicyclic) bond motifs is 1. The molecular formula is C19H24F3N3. The Labute approximate surface area is 146 Å². The number of nitrogens with zero attached hydrogens (tertiary/aromatic N) is 2. The van der Waals surface area contributed by atoms with Gasteiger partial charge in [0.1, 0.15) is 6.33 Å². The number of benzene rings is 1. The van der Waals surface area contributed by atoms with Crippen molar-refractivity contribution in [2.24, 2.45) is 5.92 Å². The van der Waals surface area contributed by atoms with Crippen LogP contribution in [0.3, 0.4) is 0 Å². The van der Waals surface area contributed by atoms with Crippen molar-refractivity contribution in [3.05, 3.63) is 35.8 Å². The predicted molar refractivity (Wildman–Crippen MR) is 92.4 cm³/mol.